The fourth-order valence-electron chi connectivity index (χ4n) is 2.85. The van der Waals surface area contributed by atoms with E-state index in [9.17, 15) is 5.11 Å². The summed E-state index contributed by atoms with van der Waals surface area (Å²) in [6, 6.07) is 1.02. The summed E-state index contributed by atoms with van der Waals surface area (Å²) < 4.78 is 5.80. The number of hydrogen-bond donors (Lipinski definition) is 2. The van der Waals surface area contributed by atoms with Crippen LogP contribution in [0.2, 0.25) is 0 Å². The van der Waals surface area contributed by atoms with Gasteiger partial charge in [-0.25, -0.2) is 0 Å². The molecular weight excluding hydrogens is 256 g/mol. The molecule has 0 aromatic carbocycles. The van der Waals surface area contributed by atoms with Gasteiger partial charge in [0, 0.05) is 12.6 Å². The first-order valence-corrected chi connectivity index (χ1v) is 7.70. The van der Waals surface area contributed by atoms with Crippen molar-refractivity contribution in [3.63, 3.8) is 0 Å². The molecule has 1 aromatic heterocycles. The molecule has 1 fully saturated rings. The van der Waals surface area contributed by atoms with Gasteiger partial charge >= 0.3 is 6.01 Å². The Labute approximate surface area is 120 Å². The van der Waals surface area contributed by atoms with E-state index in [2.05, 4.69) is 20.4 Å². The quantitative estimate of drug-likeness (QED) is 0.795. The Hall–Kier alpha value is -1.14. The number of aromatic nitrogens is 2. The highest BCUT2D eigenvalue weighted by atomic mass is 16.4. The fourth-order valence-corrected chi connectivity index (χ4v) is 2.85. The van der Waals surface area contributed by atoms with E-state index in [4.69, 9.17) is 4.42 Å². The van der Waals surface area contributed by atoms with Gasteiger partial charge in [-0.1, -0.05) is 31.3 Å². The predicted molar refractivity (Wildman–Crippen MR) is 77.7 cm³/mol. The van der Waals surface area contributed by atoms with E-state index < -0.39 is 0 Å². The Morgan fingerprint density at radius 1 is 1.35 bits per heavy atom. The van der Waals surface area contributed by atoms with Gasteiger partial charge in [0.1, 0.15) is 0 Å². The van der Waals surface area contributed by atoms with E-state index in [0.717, 1.165) is 19.4 Å². The molecule has 1 unspecified atom stereocenters. The monoisotopic (exact) mass is 282 g/mol. The SMILES string of the molecule is CCNC(C)c1nnc(N(CCO)C2CCCCC2)o1. The van der Waals surface area contributed by atoms with E-state index >= 15 is 0 Å². The predicted octanol–water partition coefficient (Wildman–Crippen LogP) is 1.87. The van der Waals surface area contributed by atoms with Gasteiger partial charge in [0.05, 0.1) is 12.6 Å². The molecule has 2 N–H and O–H groups in total. The maximum atomic E-state index is 9.28. The normalized spacial score (nSPS) is 18.1. The number of nitrogens with zero attached hydrogens (tertiary/aromatic N) is 3. The van der Waals surface area contributed by atoms with Gasteiger partial charge in [-0.05, 0) is 26.3 Å². The maximum absolute atomic E-state index is 9.28. The third-order valence-electron chi connectivity index (χ3n) is 3.91. The molecule has 0 aliphatic heterocycles. The van der Waals surface area contributed by atoms with Crippen molar-refractivity contribution >= 4 is 6.01 Å². The van der Waals surface area contributed by atoms with Crippen molar-refractivity contribution in [1.29, 1.82) is 0 Å². The van der Waals surface area contributed by atoms with Gasteiger partial charge in [-0.3, -0.25) is 0 Å². The number of aliphatic hydroxyl groups excluding tert-OH is 1. The van der Waals surface area contributed by atoms with Gasteiger partial charge in [0.25, 0.3) is 0 Å². The summed E-state index contributed by atoms with van der Waals surface area (Å²) in [5.74, 6) is 0.612. The summed E-state index contributed by atoms with van der Waals surface area (Å²) >= 11 is 0. The number of rotatable bonds is 7. The summed E-state index contributed by atoms with van der Waals surface area (Å²) in [5.41, 5.74) is 0. The summed E-state index contributed by atoms with van der Waals surface area (Å²) in [6.07, 6.45) is 6.06. The molecular formula is C14H26N4O2. The van der Waals surface area contributed by atoms with Gasteiger partial charge in [-0.15, -0.1) is 5.10 Å². The highest BCUT2D eigenvalue weighted by molar-refractivity contribution is 5.27. The minimum Gasteiger partial charge on any atom is -0.406 e. The van der Waals surface area contributed by atoms with Gasteiger partial charge in [0.2, 0.25) is 5.89 Å². The molecule has 0 radical (unpaired) electrons. The molecule has 6 heteroatoms. The minimum absolute atomic E-state index is 0.0589. The summed E-state index contributed by atoms with van der Waals surface area (Å²) in [6.45, 7) is 5.59. The number of hydrogen-bond acceptors (Lipinski definition) is 6. The molecule has 1 atom stereocenters. The van der Waals surface area contributed by atoms with E-state index in [0.29, 0.717) is 24.5 Å². The van der Waals surface area contributed by atoms with Crippen LogP contribution in [0.25, 0.3) is 0 Å². The van der Waals surface area contributed by atoms with Crippen molar-refractivity contribution in [2.24, 2.45) is 0 Å². The number of anilines is 1. The molecule has 1 heterocycles. The van der Waals surface area contributed by atoms with Crippen molar-refractivity contribution in [3.05, 3.63) is 5.89 Å². The molecule has 6 nitrogen and oxygen atoms in total. The van der Waals surface area contributed by atoms with Crippen LogP contribution in [0, 0.1) is 0 Å². The molecule has 0 spiro atoms. The molecule has 0 bridgehead atoms. The van der Waals surface area contributed by atoms with Crippen molar-refractivity contribution in [2.45, 2.75) is 58.0 Å². The van der Waals surface area contributed by atoms with E-state index in [1.807, 2.05) is 13.8 Å². The van der Waals surface area contributed by atoms with Crippen LogP contribution < -0.4 is 10.2 Å². The first kappa shape index (κ1) is 15.3. The Balaban J connectivity index is 2.08. The Morgan fingerprint density at radius 3 is 2.75 bits per heavy atom. The first-order chi connectivity index (χ1) is 9.76. The highest BCUT2D eigenvalue weighted by Gasteiger charge is 2.25. The Kier molecular flexibility index (Phi) is 5.79. The zero-order valence-electron chi connectivity index (χ0n) is 12.5. The van der Waals surface area contributed by atoms with E-state index in [-0.39, 0.29) is 12.6 Å². The fraction of sp³-hybridized carbons (Fsp3) is 0.857. The molecule has 0 amide bonds. The lowest BCUT2D eigenvalue weighted by Crippen LogP contribution is -2.39. The second-order valence-electron chi connectivity index (χ2n) is 5.41. The van der Waals surface area contributed by atoms with Crippen LogP contribution in [0.3, 0.4) is 0 Å². The zero-order chi connectivity index (χ0) is 14.4. The maximum Gasteiger partial charge on any atom is 0.318 e. The van der Waals surface area contributed by atoms with Crippen molar-refractivity contribution in [1.82, 2.24) is 15.5 Å². The van der Waals surface area contributed by atoms with Crippen molar-refractivity contribution < 1.29 is 9.52 Å². The largest absolute Gasteiger partial charge is 0.406 e. The standard InChI is InChI=1S/C14H26N4O2/c1-3-15-11(2)13-16-17-14(20-13)18(9-10-19)12-7-5-4-6-8-12/h11-12,15,19H,3-10H2,1-2H3. The lowest BCUT2D eigenvalue weighted by molar-refractivity contribution is 0.282. The van der Waals surface area contributed by atoms with Crippen LogP contribution in [0.4, 0.5) is 6.01 Å². The van der Waals surface area contributed by atoms with Gasteiger partial charge in [0.15, 0.2) is 0 Å². The molecule has 1 aromatic rings. The molecule has 2 rings (SSSR count). The topological polar surface area (TPSA) is 74.4 Å². The van der Waals surface area contributed by atoms with Crippen molar-refractivity contribution in [2.75, 3.05) is 24.6 Å². The lowest BCUT2D eigenvalue weighted by Gasteiger charge is -2.32. The van der Waals surface area contributed by atoms with Gasteiger partial charge in [-0.2, -0.15) is 0 Å². The zero-order valence-corrected chi connectivity index (χ0v) is 12.5. The van der Waals surface area contributed by atoms with E-state index in [1.165, 1.54) is 19.3 Å². The molecule has 1 aliphatic carbocycles. The minimum atomic E-state index is 0.0589. The second kappa shape index (κ2) is 7.59. The Morgan fingerprint density at radius 2 is 2.10 bits per heavy atom. The lowest BCUT2D eigenvalue weighted by atomic mass is 9.94. The van der Waals surface area contributed by atoms with Crippen LogP contribution in [-0.2, 0) is 0 Å². The van der Waals surface area contributed by atoms with Crippen LogP contribution in [-0.4, -0.2) is 41.0 Å². The van der Waals surface area contributed by atoms with Crippen molar-refractivity contribution in [3.8, 4) is 0 Å². The second-order valence-corrected chi connectivity index (χ2v) is 5.41. The third kappa shape index (κ3) is 3.70. The highest BCUT2D eigenvalue weighted by Crippen LogP contribution is 2.27. The first-order valence-electron chi connectivity index (χ1n) is 7.70. The molecule has 20 heavy (non-hydrogen) atoms. The van der Waals surface area contributed by atoms with Crippen LogP contribution in [0.1, 0.15) is 57.9 Å². The molecule has 1 saturated carbocycles. The number of nitrogens with one attached hydrogen (secondary N) is 1. The third-order valence-corrected chi connectivity index (χ3v) is 3.91. The number of aliphatic hydroxyl groups is 1. The molecule has 1 aliphatic rings. The molecule has 0 saturated heterocycles. The average molecular weight is 282 g/mol. The Bertz CT molecular complexity index is 390. The van der Waals surface area contributed by atoms with Crippen LogP contribution >= 0.6 is 0 Å². The van der Waals surface area contributed by atoms with E-state index in [1.54, 1.807) is 0 Å². The summed E-state index contributed by atoms with van der Waals surface area (Å²) in [4.78, 5) is 2.08. The van der Waals surface area contributed by atoms with Gasteiger partial charge < -0.3 is 19.7 Å². The smallest absolute Gasteiger partial charge is 0.318 e. The summed E-state index contributed by atoms with van der Waals surface area (Å²) in [7, 11) is 0. The van der Waals surface area contributed by atoms with Crippen LogP contribution in [0.5, 0.6) is 0 Å². The molecule has 114 valence electrons. The average Bonchev–Trinajstić information content (AvgIpc) is 2.95. The van der Waals surface area contributed by atoms with Crippen LogP contribution in [0.15, 0.2) is 4.42 Å². The summed E-state index contributed by atoms with van der Waals surface area (Å²) in [5, 5.41) is 20.8.